The monoisotopic (exact) mass is 215 g/mol. The molecule has 0 atom stereocenters. The van der Waals surface area contributed by atoms with E-state index in [1.807, 2.05) is 0 Å². The minimum absolute atomic E-state index is 1.04. The molecule has 0 aromatic heterocycles. The predicted octanol–water partition coefficient (Wildman–Crippen LogP) is 4.21. The van der Waals surface area contributed by atoms with E-state index in [-0.39, 0.29) is 0 Å². The summed E-state index contributed by atoms with van der Waals surface area (Å²) < 4.78 is 0. The number of allylic oxidation sites excluding steroid dienone is 4. The van der Waals surface area contributed by atoms with Crippen molar-refractivity contribution >= 4 is 0 Å². The van der Waals surface area contributed by atoms with Gasteiger partial charge in [0.1, 0.15) is 0 Å². The van der Waals surface area contributed by atoms with E-state index in [4.69, 9.17) is 0 Å². The molecule has 2 rings (SSSR count). The third-order valence-electron chi connectivity index (χ3n) is 3.53. The highest BCUT2D eigenvalue weighted by atomic mass is 14.8. The van der Waals surface area contributed by atoms with Gasteiger partial charge < -0.3 is 5.32 Å². The van der Waals surface area contributed by atoms with Gasteiger partial charge in [0.2, 0.25) is 0 Å². The van der Waals surface area contributed by atoms with Crippen molar-refractivity contribution in [1.82, 2.24) is 5.32 Å². The fourth-order valence-corrected chi connectivity index (χ4v) is 2.70. The first-order chi connectivity index (χ1) is 7.81. The Morgan fingerprint density at radius 2 is 1.81 bits per heavy atom. The lowest BCUT2D eigenvalue weighted by Gasteiger charge is -2.08. The number of hydrogen-bond donors (Lipinski definition) is 1. The molecule has 0 radical (unpaired) electrons. The summed E-state index contributed by atoms with van der Waals surface area (Å²) in [4.78, 5) is 0. The molecule has 0 heterocycles. The first-order valence-electron chi connectivity index (χ1n) is 6.29. The summed E-state index contributed by atoms with van der Waals surface area (Å²) in [6.07, 6.45) is 13.2. The third kappa shape index (κ3) is 2.46. The zero-order valence-electron chi connectivity index (χ0n) is 10.0. The standard InChI is InChI=1S/C15H21N/c1-3-16-12(2)15-10-6-9-14(15)11-13-7-4-5-8-13/h3,11,16H,1-2,4-10H2. The van der Waals surface area contributed by atoms with E-state index in [1.54, 1.807) is 11.8 Å². The quantitative estimate of drug-likeness (QED) is 0.740. The van der Waals surface area contributed by atoms with Crippen LogP contribution < -0.4 is 5.32 Å². The van der Waals surface area contributed by atoms with Gasteiger partial charge in [0.15, 0.2) is 0 Å². The molecule has 0 saturated heterocycles. The van der Waals surface area contributed by atoms with Gasteiger partial charge in [0.05, 0.1) is 0 Å². The van der Waals surface area contributed by atoms with Gasteiger partial charge in [0.25, 0.3) is 0 Å². The Kier molecular flexibility index (Phi) is 3.66. The summed E-state index contributed by atoms with van der Waals surface area (Å²) in [7, 11) is 0. The largest absolute Gasteiger partial charge is 0.363 e. The van der Waals surface area contributed by atoms with Crippen molar-refractivity contribution in [2.45, 2.75) is 44.9 Å². The Balaban J connectivity index is 2.16. The van der Waals surface area contributed by atoms with Crippen LogP contribution in [0.1, 0.15) is 44.9 Å². The normalized spacial score (nSPS) is 20.1. The second kappa shape index (κ2) is 5.20. The first kappa shape index (κ1) is 11.3. The van der Waals surface area contributed by atoms with E-state index >= 15 is 0 Å². The Bertz CT molecular complexity index is 350. The van der Waals surface area contributed by atoms with Crippen molar-refractivity contribution in [3.05, 3.63) is 47.9 Å². The molecule has 0 amide bonds. The van der Waals surface area contributed by atoms with E-state index in [1.165, 1.54) is 56.1 Å². The molecule has 1 fully saturated rings. The Hall–Kier alpha value is -1.24. The van der Waals surface area contributed by atoms with Crippen molar-refractivity contribution in [2.24, 2.45) is 0 Å². The molecule has 0 unspecified atom stereocenters. The van der Waals surface area contributed by atoms with Crippen molar-refractivity contribution in [1.29, 1.82) is 0 Å². The molecule has 0 aliphatic heterocycles. The second-order valence-electron chi connectivity index (χ2n) is 4.69. The molecule has 0 aromatic carbocycles. The molecule has 0 aromatic rings. The first-order valence-corrected chi connectivity index (χ1v) is 6.29. The molecule has 1 N–H and O–H groups in total. The Labute approximate surface area is 98.6 Å². The third-order valence-corrected chi connectivity index (χ3v) is 3.53. The fourth-order valence-electron chi connectivity index (χ4n) is 2.70. The molecule has 1 nitrogen and oxygen atoms in total. The minimum atomic E-state index is 1.04. The van der Waals surface area contributed by atoms with Crippen LogP contribution in [0, 0.1) is 0 Å². The van der Waals surface area contributed by atoms with Crippen LogP contribution in [0.2, 0.25) is 0 Å². The topological polar surface area (TPSA) is 12.0 Å². The lowest BCUT2D eigenvalue weighted by molar-refractivity contribution is 0.886. The van der Waals surface area contributed by atoms with Crippen LogP contribution in [0.4, 0.5) is 0 Å². The van der Waals surface area contributed by atoms with Gasteiger partial charge in [-0.05, 0) is 62.3 Å². The van der Waals surface area contributed by atoms with Gasteiger partial charge in [-0.2, -0.15) is 0 Å². The molecule has 2 aliphatic rings. The van der Waals surface area contributed by atoms with Crippen LogP contribution in [0.3, 0.4) is 0 Å². The van der Waals surface area contributed by atoms with Gasteiger partial charge in [-0.25, -0.2) is 0 Å². The second-order valence-corrected chi connectivity index (χ2v) is 4.69. The number of nitrogens with one attached hydrogen (secondary N) is 1. The minimum Gasteiger partial charge on any atom is -0.363 e. The van der Waals surface area contributed by atoms with Gasteiger partial charge in [-0.3, -0.25) is 0 Å². The summed E-state index contributed by atoms with van der Waals surface area (Å²) in [5.41, 5.74) is 5.61. The SMILES string of the molecule is C=CNC(=C)C1=C(C=C2CCCC2)CCC1. The van der Waals surface area contributed by atoms with Crippen molar-refractivity contribution in [3.63, 3.8) is 0 Å². The summed E-state index contributed by atoms with van der Waals surface area (Å²) in [5, 5.41) is 3.12. The molecule has 0 spiro atoms. The molecule has 1 heteroatoms. The van der Waals surface area contributed by atoms with E-state index in [9.17, 15) is 0 Å². The summed E-state index contributed by atoms with van der Waals surface area (Å²) in [6, 6.07) is 0. The van der Waals surface area contributed by atoms with Crippen LogP contribution in [-0.4, -0.2) is 0 Å². The van der Waals surface area contributed by atoms with Gasteiger partial charge in [-0.15, -0.1) is 0 Å². The van der Waals surface area contributed by atoms with Gasteiger partial charge >= 0.3 is 0 Å². The molecular weight excluding hydrogens is 194 g/mol. The zero-order valence-corrected chi connectivity index (χ0v) is 10.0. The predicted molar refractivity (Wildman–Crippen MR) is 69.9 cm³/mol. The van der Waals surface area contributed by atoms with Crippen LogP contribution in [-0.2, 0) is 0 Å². The average molecular weight is 215 g/mol. The van der Waals surface area contributed by atoms with Crippen LogP contribution in [0.5, 0.6) is 0 Å². The fraction of sp³-hybridized carbons (Fsp3) is 0.467. The van der Waals surface area contributed by atoms with E-state index in [2.05, 4.69) is 24.6 Å². The lowest BCUT2D eigenvalue weighted by Crippen LogP contribution is -2.05. The van der Waals surface area contributed by atoms with E-state index in [0.29, 0.717) is 0 Å². The van der Waals surface area contributed by atoms with Crippen molar-refractivity contribution in [3.8, 4) is 0 Å². The van der Waals surface area contributed by atoms with Crippen LogP contribution >= 0.6 is 0 Å². The van der Waals surface area contributed by atoms with Crippen molar-refractivity contribution < 1.29 is 0 Å². The maximum atomic E-state index is 4.08. The molecule has 0 bridgehead atoms. The molecule has 2 aliphatic carbocycles. The smallest absolute Gasteiger partial charge is 0.0341 e. The average Bonchev–Trinajstić information content (AvgIpc) is 2.90. The Morgan fingerprint density at radius 1 is 1.06 bits per heavy atom. The summed E-state index contributed by atoms with van der Waals surface area (Å²) in [6.45, 7) is 7.77. The number of rotatable bonds is 4. The lowest BCUT2D eigenvalue weighted by atomic mass is 10.0. The highest BCUT2D eigenvalue weighted by Gasteiger charge is 2.16. The van der Waals surface area contributed by atoms with Gasteiger partial charge in [-0.1, -0.05) is 24.8 Å². The maximum absolute atomic E-state index is 4.08. The highest BCUT2D eigenvalue weighted by Crippen LogP contribution is 2.34. The maximum Gasteiger partial charge on any atom is 0.0341 e. The van der Waals surface area contributed by atoms with Gasteiger partial charge in [0, 0.05) is 5.70 Å². The molecular formula is C15H21N. The molecule has 1 saturated carbocycles. The summed E-state index contributed by atoms with van der Waals surface area (Å²) in [5.74, 6) is 0. The molecule has 16 heavy (non-hydrogen) atoms. The highest BCUT2D eigenvalue weighted by molar-refractivity contribution is 5.42. The van der Waals surface area contributed by atoms with Crippen LogP contribution in [0.25, 0.3) is 0 Å². The Morgan fingerprint density at radius 3 is 2.50 bits per heavy atom. The zero-order chi connectivity index (χ0) is 11.4. The summed E-state index contributed by atoms with van der Waals surface area (Å²) >= 11 is 0. The van der Waals surface area contributed by atoms with Crippen LogP contribution in [0.15, 0.2) is 47.9 Å². The van der Waals surface area contributed by atoms with E-state index in [0.717, 1.165) is 5.70 Å². The van der Waals surface area contributed by atoms with Crippen molar-refractivity contribution in [2.75, 3.05) is 0 Å². The number of hydrogen-bond acceptors (Lipinski definition) is 1. The molecule has 86 valence electrons. The van der Waals surface area contributed by atoms with E-state index < -0.39 is 0 Å².